The Bertz CT molecular complexity index is 1540. The lowest BCUT2D eigenvalue weighted by Crippen LogP contribution is -2.45. The second-order valence-corrected chi connectivity index (χ2v) is 11.2. The summed E-state index contributed by atoms with van der Waals surface area (Å²) in [5.74, 6) is -0.600. The molecule has 1 N–H and O–H groups in total. The second-order valence-electron chi connectivity index (χ2n) is 8.26. The van der Waals surface area contributed by atoms with Crippen LogP contribution in [0.5, 0.6) is 0 Å². The molecule has 1 heterocycles. The number of aliphatic carboxylic acids is 1. The molecule has 0 aliphatic carbocycles. The third-order valence-corrected chi connectivity index (χ3v) is 8.21. The molecule has 1 unspecified atom stereocenters. The van der Waals surface area contributed by atoms with Crippen LogP contribution in [0.25, 0.3) is 22.2 Å². The highest BCUT2D eigenvalue weighted by molar-refractivity contribution is 7.93. The van der Waals surface area contributed by atoms with Gasteiger partial charge in [-0.1, -0.05) is 72.4 Å². The normalized spacial score (nSPS) is 12.5. The topological polar surface area (TPSA) is 114 Å². The molecule has 0 saturated heterocycles. The van der Waals surface area contributed by atoms with Crippen molar-refractivity contribution in [2.75, 3.05) is 4.31 Å². The van der Waals surface area contributed by atoms with E-state index in [1.165, 1.54) is 18.2 Å². The summed E-state index contributed by atoms with van der Waals surface area (Å²) >= 11 is 18.0. The number of carboxylic acid groups (broad SMARTS) is 1. The highest BCUT2D eigenvalue weighted by atomic mass is 35.5. The lowest BCUT2D eigenvalue weighted by molar-refractivity contribution is -0.138. The lowest BCUT2D eigenvalue weighted by atomic mass is 10.0. The number of hydrogen-bond donors (Lipinski definition) is 1. The van der Waals surface area contributed by atoms with Gasteiger partial charge in [-0.25, -0.2) is 13.2 Å². The molecule has 8 nitrogen and oxygen atoms in total. The van der Waals surface area contributed by atoms with Gasteiger partial charge in [-0.05, 0) is 47.5 Å². The van der Waals surface area contributed by atoms with E-state index < -0.39 is 22.0 Å². The van der Waals surface area contributed by atoms with Gasteiger partial charge in [0.05, 0.1) is 10.6 Å². The Balaban J connectivity index is 1.90. The van der Waals surface area contributed by atoms with Crippen molar-refractivity contribution in [2.45, 2.75) is 43.0 Å². The Morgan fingerprint density at radius 2 is 1.84 bits per heavy atom. The predicted octanol–water partition coefficient (Wildman–Crippen LogP) is 6.77. The predicted molar refractivity (Wildman–Crippen MR) is 144 cm³/mol. The van der Waals surface area contributed by atoms with Crippen molar-refractivity contribution in [1.29, 1.82) is 0 Å². The minimum absolute atomic E-state index is 0.0661. The molecule has 0 radical (unpaired) electrons. The monoisotopic (exact) mass is 581 g/mol. The molecule has 1 aromatic heterocycles. The van der Waals surface area contributed by atoms with E-state index >= 15 is 0 Å². The van der Waals surface area contributed by atoms with Gasteiger partial charge in [0.2, 0.25) is 11.7 Å². The standard InChI is InChI=1S/C25H22Cl3N3O5S/c1-2-3-7-22(25(32)33)31(37(34,35)19-12-16(27)11-17(28)13-19)18-8-9-20-15(10-18)5-4-6-21(20)24-29-23(14-26)36-30-24/h4-6,8-13,22H,2-3,7,14H2,1H3,(H,32,33). The van der Waals surface area contributed by atoms with Crippen LogP contribution in [-0.2, 0) is 20.7 Å². The maximum absolute atomic E-state index is 13.9. The molecule has 0 bridgehead atoms. The van der Waals surface area contributed by atoms with Crippen LogP contribution in [0.3, 0.4) is 0 Å². The zero-order chi connectivity index (χ0) is 26.7. The van der Waals surface area contributed by atoms with Crippen molar-refractivity contribution < 1.29 is 22.8 Å². The Morgan fingerprint density at radius 1 is 1.11 bits per heavy atom. The average Bonchev–Trinajstić information content (AvgIpc) is 3.34. The number of nitrogens with zero attached hydrogens (tertiary/aromatic N) is 3. The van der Waals surface area contributed by atoms with Crippen LogP contribution < -0.4 is 4.31 Å². The number of halogens is 3. The first-order valence-electron chi connectivity index (χ1n) is 11.3. The van der Waals surface area contributed by atoms with Crippen LogP contribution >= 0.6 is 34.8 Å². The summed E-state index contributed by atoms with van der Waals surface area (Å²) in [6.07, 6.45) is 1.32. The number of unbranched alkanes of at least 4 members (excludes halogenated alkanes) is 1. The fourth-order valence-corrected chi connectivity index (χ4v) is 6.50. The summed E-state index contributed by atoms with van der Waals surface area (Å²) in [4.78, 5) is 16.4. The number of alkyl halides is 1. The molecule has 37 heavy (non-hydrogen) atoms. The molecule has 0 aliphatic rings. The summed E-state index contributed by atoms with van der Waals surface area (Å²) in [6.45, 7) is 1.90. The molecule has 0 aliphatic heterocycles. The van der Waals surface area contributed by atoms with Crippen LogP contribution in [0, 0.1) is 0 Å². The van der Waals surface area contributed by atoms with E-state index in [2.05, 4.69) is 10.1 Å². The van der Waals surface area contributed by atoms with E-state index in [1.54, 1.807) is 36.4 Å². The maximum Gasteiger partial charge on any atom is 0.327 e. The van der Waals surface area contributed by atoms with E-state index in [9.17, 15) is 18.3 Å². The Morgan fingerprint density at radius 3 is 2.46 bits per heavy atom. The van der Waals surface area contributed by atoms with Gasteiger partial charge in [-0.15, -0.1) is 11.6 Å². The quantitative estimate of drug-likeness (QED) is 0.205. The summed E-state index contributed by atoms with van der Waals surface area (Å²) in [5.41, 5.74) is 0.833. The number of carbonyl (C=O) groups is 1. The van der Waals surface area contributed by atoms with E-state index in [1.807, 2.05) is 6.92 Å². The molecule has 194 valence electrons. The molecule has 3 aromatic carbocycles. The molecule has 0 amide bonds. The van der Waals surface area contributed by atoms with Crippen LogP contribution in [-0.4, -0.2) is 35.7 Å². The molecule has 0 fully saturated rings. The Kier molecular flexibility index (Phi) is 8.28. The number of sulfonamides is 1. The Labute approximate surface area is 228 Å². The number of benzene rings is 3. The van der Waals surface area contributed by atoms with E-state index in [4.69, 9.17) is 39.3 Å². The summed E-state index contributed by atoms with van der Waals surface area (Å²) in [7, 11) is -4.38. The summed E-state index contributed by atoms with van der Waals surface area (Å²) < 4.78 is 33.9. The van der Waals surface area contributed by atoms with Crippen LogP contribution in [0.4, 0.5) is 5.69 Å². The van der Waals surface area contributed by atoms with Crippen molar-refractivity contribution >= 4 is 67.3 Å². The zero-order valence-corrected chi connectivity index (χ0v) is 22.7. The number of aromatic nitrogens is 2. The van der Waals surface area contributed by atoms with Crippen LogP contribution in [0.2, 0.25) is 10.0 Å². The van der Waals surface area contributed by atoms with Crippen LogP contribution in [0.1, 0.15) is 32.1 Å². The van der Waals surface area contributed by atoms with Gasteiger partial charge in [0.25, 0.3) is 10.0 Å². The van der Waals surface area contributed by atoms with Gasteiger partial charge < -0.3 is 9.63 Å². The maximum atomic E-state index is 13.9. The molecule has 4 rings (SSSR count). The van der Waals surface area contributed by atoms with Gasteiger partial charge in [-0.2, -0.15) is 4.98 Å². The molecular weight excluding hydrogens is 561 g/mol. The van der Waals surface area contributed by atoms with E-state index in [-0.39, 0.29) is 38.8 Å². The zero-order valence-electron chi connectivity index (χ0n) is 19.6. The number of carboxylic acids is 1. The van der Waals surface area contributed by atoms with Crippen molar-refractivity contribution in [3.8, 4) is 11.4 Å². The molecular formula is C25H22Cl3N3O5S. The minimum atomic E-state index is -4.38. The lowest BCUT2D eigenvalue weighted by Gasteiger charge is -2.30. The molecule has 0 saturated carbocycles. The molecule has 1 atom stereocenters. The fraction of sp³-hybridized carbons (Fsp3) is 0.240. The second kappa shape index (κ2) is 11.3. The van der Waals surface area contributed by atoms with Crippen molar-refractivity contribution in [3.05, 3.63) is 70.5 Å². The van der Waals surface area contributed by atoms with Gasteiger partial charge in [0.15, 0.2) is 0 Å². The number of fused-ring (bicyclic) bond motifs is 1. The van der Waals surface area contributed by atoms with Crippen molar-refractivity contribution in [2.24, 2.45) is 0 Å². The van der Waals surface area contributed by atoms with E-state index in [0.717, 1.165) is 9.69 Å². The first-order valence-corrected chi connectivity index (χ1v) is 14.0. The average molecular weight is 583 g/mol. The summed E-state index contributed by atoms with van der Waals surface area (Å²) in [6, 6.07) is 12.8. The number of anilines is 1. The third-order valence-electron chi connectivity index (χ3n) is 5.73. The fourth-order valence-electron chi connectivity index (χ4n) is 4.04. The number of hydrogen-bond acceptors (Lipinski definition) is 6. The first kappa shape index (κ1) is 27.2. The molecule has 0 spiro atoms. The summed E-state index contributed by atoms with van der Waals surface area (Å²) in [5, 5.41) is 15.7. The number of rotatable bonds is 10. The third kappa shape index (κ3) is 5.70. The van der Waals surface area contributed by atoms with Gasteiger partial charge >= 0.3 is 5.97 Å². The highest BCUT2D eigenvalue weighted by Gasteiger charge is 2.36. The highest BCUT2D eigenvalue weighted by Crippen LogP contribution is 2.35. The van der Waals surface area contributed by atoms with Gasteiger partial charge in [0, 0.05) is 15.6 Å². The van der Waals surface area contributed by atoms with Crippen molar-refractivity contribution in [1.82, 2.24) is 10.1 Å². The smallest absolute Gasteiger partial charge is 0.327 e. The Hall–Kier alpha value is -2.85. The SMILES string of the molecule is CCCCC(C(=O)O)N(c1ccc2c(-c3noc(CCl)n3)cccc2c1)S(=O)(=O)c1cc(Cl)cc(Cl)c1. The molecule has 12 heteroatoms. The van der Waals surface area contributed by atoms with Gasteiger partial charge in [0.1, 0.15) is 11.9 Å². The van der Waals surface area contributed by atoms with Gasteiger partial charge in [-0.3, -0.25) is 4.31 Å². The molecule has 4 aromatic rings. The largest absolute Gasteiger partial charge is 0.480 e. The van der Waals surface area contributed by atoms with Crippen molar-refractivity contribution in [3.63, 3.8) is 0 Å². The van der Waals surface area contributed by atoms with E-state index in [0.29, 0.717) is 29.6 Å². The first-order chi connectivity index (χ1) is 17.6. The minimum Gasteiger partial charge on any atom is -0.480 e. The van der Waals surface area contributed by atoms with Crippen LogP contribution in [0.15, 0.2) is 64.0 Å².